The molecule has 0 bridgehead atoms. The lowest BCUT2D eigenvalue weighted by molar-refractivity contribution is -0.118. The SMILES string of the molecule is COc1ccc(OC)c(/C=N\NC(=O)CSCc2ccccc2Cl)c1. The number of thioether (sulfide) groups is 1. The van der Waals surface area contributed by atoms with E-state index in [9.17, 15) is 4.79 Å². The average molecular weight is 379 g/mol. The van der Waals surface area contributed by atoms with Crippen LogP contribution in [0.5, 0.6) is 11.5 Å². The lowest BCUT2D eigenvalue weighted by Gasteiger charge is -2.07. The number of benzene rings is 2. The van der Waals surface area contributed by atoms with Gasteiger partial charge in [-0.25, -0.2) is 5.43 Å². The summed E-state index contributed by atoms with van der Waals surface area (Å²) in [5.74, 6) is 2.10. The third kappa shape index (κ3) is 5.99. The number of carbonyl (C=O) groups is 1. The Morgan fingerprint density at radius 3 is 2.76 bits per heavy atom. The maximum Gasteiger partial charge on any atom is 0.250 e. The van der Waals surface area contributed by atoms with Crippen LogP contribution in [0.2, 0.25) is 5.02 Å². The molecule has 25 heavy (non-hydrogen) atoms. The first-order chi connectivity index (χ1) is 12.1. The van der Waals surface area contributed by atoms with E-state index in [0.29, 0.717) is 27.8 Å². The summed E-state index contributed by atoms with van der Waals surface area (Å²) in [5.41, 5.74) is 4.22. The van der Waals surface area contributed by atoms with Gasteiger partial charge in [0.25, 0.3) is 0 Å². The largest absolute Gasteiger partial charge is 0.497 e. The molecule has 0 aliphatic rings. The number of rotatable bonds is 8. The van der Waals surface area contributed by atoms with Crippen LogP contribution in [0.3, 0.4) is 0 Å². The molecule has 0 fully saturated rings. The van der Waals surface area contributed by atoms with E-state index in [1.807, 2.05) is 24.3 Å². The minimum Gasteiger partial charge on any atom is -0.497 e. The normalized spacial score (nSPS) is 10.7. The molecule has 2 aromatic rings. The fourth-order valence-electron chi connectivity index (χ4n) is 2.02. The molecule has 0 unspecified atom stereocenters. The topological polar surface area (TPSA) is 59.9 Å². The Kier molecular flexibility index (Phi) is 7.63. The van der Waals surface area contributed by atoms with Crippen molar-refractivity contribution in [3.63, 3.8) is 0 Å². The predicted octanol–water partition coefficient (Wildman–Crippen LogP) is 3.74. The summed E-state index contributed by atoms with van der Waals surface area (Å²) < 4.78 is 10.4. The van der Waals surface area contributed by atoms with Gasteiger partial charge in [-0.2, -0.15) is 5.10 Å². The van der Waals surface area contributed by atoms with Crippen LogP contribution in [0.1, 0.15) is 11.1 Å². The number of methoxy groups -OCH3 is 2. The molecule has 0 aromatic heterocycles. The highest BCUT2D eigenvalue weighted by atomic mass is 35.5. The van der Waals surface area contributed by atoms with E-state index >= 15 is 0 Å². The molecule has 0 aliphatic heterocycles. The van der Waals surface area contributed by atoms with Crippen LogP contribution in [0, 0.1) is 0 Å². The second-order valence-corrected chi connectivity index (χ2v) is 6.38. The highest BCUT2D eigenvalue weighted by Gasteiger charge is 2.05. The number of hydrogen-bond acceptors (Lipinski definition) is 5. The zero-order valence-electron chi connectivity index (χ0n) is 14.0. The molecular formula is C18H19ClN2O3S. The Labute approximate surface area is 156 Å². The zero-order chi connectivity index (χ0) is 18.1. The predicted molar refractivity (Wildman–Crippen MR) is 103 cm³/mol. The van der Waals surface area contributed by atoms with Gasteiger partial charge in [-0.15, -0.1) is 11.8 Å². The van der Waals surface area contributed by atoms with Crippen LogP contribution in [0.15, 0.2) is 47.6 Å². The van der Waals surface area contributed by atoms with E-state index in [-0.39, 0.29) is 11.7 Å². The molecule has 0 saturated carbocycles. The van der Waals surface area contributed by atoms with Crippen molar-refractivity contribution in [2.75, 3.05) is 20.0 Å². The number of ether oxygens (including phenoxy) is 2. The molecule has 0 atom stereocenters. The lowest BCUT2D eigenvalue weighted by Crippen LogP contribution is -2.19. The molecule has 2 aromatic carbocycles. The van der Waals surface area contributed by atoms with Crippen molar-refractivity contribution in [2.24, 2.45) is 5.10 Å². The van der Waals surface area contributed by atoms with Crippen molar-refractivity contribution in [1.29, 1.82) is 0 Å². The van der Waals surface area contributed by atoms with E-state index in [0.717, 1.165) is 5.56 Å². The van der Waals surface area contributed by atoms with E-state index in [4.69, 9.17) is 21.1 Å². The van der Waals surface area contributed by atoms with Crippen molar-refractivity contribution < 1.29 is 14.3 Å². The Morgan fingerprint density at radius 2 is 2.04 bits per heavy atom. The highest BCUT2D eigenvalue weighted by molar-refractivity contribution is 7.99. The fourth-order valence-corrected chi connectivity index (χ4v) is 3.12. The molecular weight excluding hydrogens is 360 g/mol. The molecule has 132 valence electrons. The number of nitrogens with zero attached hydrogens (tertiary/aromatic N) is 1. The van der Waals surface area contributed by atoms with E-state index in [2.05, 4.69) is 10.5 Å². The highest BCUT2D eigenvalue weighted by Crippen LogP contribution is 2.22. The zero-order valence-corrected chi connectivity index (χ0v) is 15.6. The van der Waals surface area contributed by atoms with Gasteiger partial charge in [0.05, 0.1) is 26.2 Å². The van der Waals surface area contributed by atoms with Gasteiger partial charge in [-0.05, 0) is 29.8 Å². The molecule has 0 radical (unpaired) electrons. The molecule has 1 amide bonds. The molecule has 2 rings (SSSR count). The first kappa shape index (κ1) is 19.1. The van der Waals surface area contributed by atoms with E-state index < -0.39 is 0 Å². The van der Waals surface area contributed by atoms with Gasteiger partial charge in [0.1, 0.15) is 11.5 Å². The van der Waals surface area contributed by atoms with Crippen LogP contribution >= 0.6 is 23.4 Å². The number of hydrazone groups is 1. The summed E-state index contributed by atoms with van der Waals surface area (Å²) >= 11 is 7.56. The molecule has 5 nitrogen and oxygen atoms in total. The summed E-state index contributed by atoms with van der Waals surface area (Å²) in [6.07, 6.45) is 1.53. The van der Waals surface area contributed by atoms with Gasteiger partial charge in [0, 0.05) is 16.3 Å². The Balaban J connectivity index is 1.83. The summed E-state index contributed by atoms with van der Waals surface area (Å²) in [6.45, 7) is 0. The van der Waals surface area contributed by atoms with E-state index in [1.165, 1.54) is 18.0 Å². The first-order valence-electron chi connectivity index (χ1n) is 7.49. The van der Waals surface area contributed by atoms with Crippen molar-refractivity contribution in [3.05, 3.63) is 58.6 Å². The molecule has 0 heterocycles. The minimum absolute atomic E-state index is 0.185. The minimum atomic E-state index is -0.185. The lowest BCUT2D eigenvalue weighted by atomic mass is 10.2. The standard InChI is InChI=1S/C18H19ClN2O3S/c1-23-15-7-8-17(24-2)14(9-15)10-20-21-18(22)12-25-11-13-5-3-4-6-16(13)19/h3-10H,11-12H2,1-2H3,(H,21,22)/b20-10-. The molecule has 7 heteroatoms. The van der Waals surface area contributed by atoms with Crippen LogP contribution in [0.4, 0.5) is 0 Å². The van der Waals surface area contributed by atoms with E-state index in [1.54, 1.807) is 32.4 Å². The van der Waals surface area contributed by atoms with Gasteiger partial charge >= 0.3 is 0 Å². The van der Waals surface area contributed by atoms with Gasteiger partial charge in [-0.1, -0.05) is 29.8 Å². The Morgan fingerprint density at radius 1 is 1.24 bits per heavy atom. The van der Waals surface area contributed by atoms with Crippen LogP contribution in [-0.4, -0.2) is 32.1 Å². The second kappa shape index (κ2) is 9.96. The summed E-state index contributed by atoms with van der Waals surface area (Å²) in [7, 11) is 3.16. The van der Waals surface area contributed by atoms with Crippen molar-refractivity contribution in [3.8, 4) is 11.5 Å². The third-order valence-corrected chi connectivity index (χ3v) is 4.63. The average Bonchev–Trinajstić information content (AvgIpc) is 2.63. The molecule has 0 spiro atoms. The smallest absolute Gasteiger partial charge is 0.250 e. The second-order valence-electron chi connectivity index (χ2n) is 4.99. The van der Waals surface area contributed by atoms with Crippen LogP contribution in [0.25, 0.3) is 0 Å². The maximum atomic E-state index is 11.9. The molecule has 0 saturated heterocycles. The summed E-state index contributed by atoms with van der Waals surface area (Å²) in [4.78, 5) is 11.9. The fraction of sp³-hybridized carbons (Fsp3) is 0.222. The van der Waals surface area contributed by atoms with Crippen LogP contribution in [-0.2, 0) is 10.5 Å². The number of nitrogens with one attached hydrogen (secondary N) is 1. The number of carbonyl (C=O) groups excluding carboxylic acids is 1. The third-order valence-electron chi connectivity index (χ3n) is 3.28. The van der Waals surface area contributed by atoms with Gasteiger partial charge in [-0.3, -0.25) is 4.79 Å². The van der Waals surface area contributed by atoms with Gasteiger partial charge in [0.15, 0.2) is 0 Å². The Bertz CT molecular complexity index is 753. The maximum absolute atomic E-state index is 11.9. The van der Waals surface area contributed by atoms with Crippen molar-refractivity contribution in [1.82, 2.24) is 5.43 Å². The van der Waals surface area contributed by atoms with Gasteiger partial charge < -0.3 is 9.47 Å². The number of hydrogen-bond donors (Lipinski definition) is 1. The van der Waals surface area contributed by atoms with Crippen LogP contribution < -0.4 is 14.9 Å². The molecule has 1 N–H and O–H groups in total. The monoisotopic (exact) mass is 378 g/mol. The Hall–Kier alpha value is -2.18. The molecule has 0 aliphatic carbocycles. The first-order valence-corrected chi connectivity index (χ1v) is 9.02. The summed E-state index contributed by atoms with van der Waals surface area (Å²) in [6, 6.07) is 12.9. The quantitative estimate of drug-likeness (QED) is 0.561. The number of amides is 1. The van der Waals surface area contributed by atoms with Gasteiger partial charge in [0.2, 0.25) is 5.91 Å². The summed E-state index contributed by atoms with van der Waals surface area (Å²) in [5, 5.41) is 4.68. The van der Waals surface area contributed by atoms with Crippen molar-refractivity contribution in [2.45, 2.75) is 5.75 Å². The van der Waals surface area contributed by atoms with Crippen molar-refractivity contribution >= 4 is 35.5 Å². The number of halogens is 1.